The maximum atomic E-state index is 11.7. The third-order valence-electron chi connectivity index (χ3n) is 2.53. The molecule has 2 rings (SSSR count). The van der Waals surface area contributed by atoms with E-state index in [9.17, 15) is 4.79 Å². The Labute approximate surface area is 110 Å². The summed E-state index contributed by atoms with van der Waals surface area (Å²) in [5.74, 6) is -0.342. The number of rotatable bonds is 3. The van der Waals surface area contributed by atoms with Gasteiger partial charge < -0.3 is 4.74 Å². The van der Waals surface area contributed by atoms with Gasteiger partial charge in [0.15, 0.2) is 5.69 Å². The number of esters is 1. The average molecular weight is 261 g/mol. The maximum absolute atomic E-state index is 11.7. The van der Waals surface area contributed by atoms with Crippen LogP contribution in [-0.4, -0.2) is 17.6 Å². The summed E-state index contributed by atoms with van der Waals surface area (Å²) >= 11 is 1.52. The van der Waals surface area contributed by atoms with Crippen molar-refractivity contribution in [2.45, 2.75) is 20.8 Å². The molecular weight excluding hydrogens is 246 g/mol. The molecule has 0 amide bonds. The van der Waals surface area contributed by atoms with Crippen molar-refractivity contribution >= 4 is 17.3 Å². The van der Waals surface area contributed by atoms with Crippen molar-refractivity contribution in [1.29, 1.82) is 0 Å². The van der Waals surface area contributed by atoms with Crippen LogP contribution in [0.5, 0.6) is 0 Å². The standard InChI is InChI=1S/C14H15NO2S/c1-4-17-14(16)12-10(3)18-13(15-12)11-7-5-6-9(2)8-11/h5-8H,4H2,1-3H3. The van der Waals surface area contributed by atoms with Gasteiger partial charge in [0.2, 0.25) is 0 Å². The van der Waals surface area contributed by atoms with Gasteiger partial charge in [0.25, 0.3) is 0 Å². The fraction of sp³-hybridized carbons (Fsp3) is 0.286. The highest BCUT2D eigenvalue weighted by molar-refractivity contribution is 7.15. The molecule has 0 fully saturated rings. The molecule has 0 unspecified atom stereocenters. The molecule has 0 saturated heterocycles. The van der Waals surface area contributed by atoms with Crippen molar-refractivity contribution in [1.82, 2.24) is 4.98 Å². The number of hydrogen-bond acceptors (Lipinski definition) is 4. The molecular formula is C14H15NO2S. The molecule has 0 aliphatic heterocycles. The maximum Gasteiger partial charge on any atom is 0.358 e. The first-order chi connectivity index (χ1) is 8.61. The van der Waals surface area contributed by atoms with Gasteiger partial charge >= 0.3 is 5.97 Å². The second kappa shape index (κ2) is 5.31. The van der Waals surface area contributed by atoms with Crippen LogP contribution in [0.2, 0.25) is 0 Å². The van der Waals surface area contributed by atoms with Crippen LogP contribution >= 0.6 is 11.3 Å². The number of aryl methyl sites for hydroxylation is 2. The number of nitrogens with zero attached hydrogens (tertiary/aromatic N) is 1. The van der Waals surface area contributed by atoms with E-state index in [1.54, 1.807) is 6.92 Å². The Morgan fingerprint density at radius 3 is 2.83 bits per heavy atom. The van der Waals surface area contributed by atoms with Gasteiger partial charge in [-0.2, -0.15) is 0 Å². The smallest absolute Gasteiger partial charge is 0.358 e. The van der Waals surface area contributed by atoms with Gasteiger partial charge in [-0.1, -0.05) is 23.8 Å². The Hall–Kier alpha value is -1.68. The SMILES string of the molecule is CCOC(=O)c1nc(-c2cccc(C)c2)sc1C. The third kappa shape index (κ3) is 2.59. The largest absolute Gasteiger partial charge is 0.461 e. The summed E-state index contributed by atoms with van der Waals surface area (Å²) in [6.45, 7) is 6.09. The van der Waals surface area contributed by atoms with Crippen molar-refractivity contribution in [3.05, 3.63) is 40.4 Å². The lowest BCUT2D eigenvalue weighted by Crippen LogP contribution is -2.06. The zero-order chi connectivity index (χ0) is 13.1. The second-order valence-corrected chi connectivity index (χ2v) is 5.22. The van der Waals surface area contributed by atoms with E-state index in [1.807, 2.05) is 32.0 Å². The second-order valence-electron chi connectivity index (χ2n) is 4.01. The predicted molar refractivity (Wildman–Crippen MR) is 73.0 cm³/mol. The zero-order valence-electron chi connectivity index (χ0n) is 10.7. The number of carbonyl (C=O) groups excluding carboxylic acids is 1. The summed E-state index contributed by atoms with van der Waals surface area (Å²) in [4.78, 5) is 17.0. The van der Waals surface area contributed by atoms with Crippen LogP contribution in [0.4, 0.5) is 0 Å². The van der Waals surface area contributed by atoms with E-state index < -0.39 is 0 Å². The van der Waals surface area contributed by atoms with Crippen LogP contribution in [0.1, 0.15) is 27.9 Å². The van der Waals surface area contributed by atoms with Crippen molar-refractivity contribution in [2.24, 2.45) is 0 Å². The Morgan fingerprint density at radius 1 is 1.39 bits per heavy atom. The molecule has 0 aliphatic carbocycles. The predicted octanol–water partition coefficient (Wildman–Crippen LogP) is 3.60. The summed E-state index contributed by atoms with van der Waals surface area (Å²) in [5.41, 5.74) is 2.65. The molecule has 0 N–H and O–H groups in total. The Balaban J connectivity index is 2.37. The van der Waals surface area contributed by atoms with Gasteiger partial charge in [-0.25, -0.2) is 9.78 Å². The molecule has 3 nitrogen and oxygen atoms in total. The Morgan fingerprint density at radius 2 is 2.17 bits per heavy atom. The normalized spacial score (nSPS) is 10.4. The summed E-state index contributed by atoms with van der Waals surface area (Å²) in [6.07, 6.45) is 0. The summed E-state index contributed by atoms with van der Waals surface area (Å²) in [6, 6.07) is 8.09. The number of carbonyl (C=O) groups is 1. The van der Waals surface area contributed by atoms with E-state index in [2.05, 4.69) is 11.1 Å². The molecule has 0 bridgehead atoms. The number of hydrogen-bond donors (Lipinski definition) is 0. The van der Waals surface area contributed by atoms with Crippen molar-refractivity contribution < 1.29 is 9.53 Å². The van der Waals surface area contributed by atoms with Crippen molar-refractivity contribution in [3.63, 3.8) is 0 Å². The van der Waals surface area contributed by atoms with Crippen LogP contribution < -0.4 is 0 Å². The molecule has 0 saturated carbocycles. The first-order valence-electron chi connectivity index (χ1n) is 5.83. The van der Waals surface area contributed by atoms with Crippen LogP contribution in [0.3, 0.4) is 0 Å². The van der Waals surface area contributed by atoms with E-state index in [0.717, 1.165) is 15.4 Å². The van der Waals surface area contributed by atoms with E-state index in [0.29, 0.717) is 12.3 Å². The van der Waals surface area contributed by atoms with E-state index in [1.165, 1.54) is 16.9 Å². The molecule has 4 heteroatoms. The average Bonchev–Trinajstić information content (AvgIpc) is 2.72. The third-order valence-corrected chi connectivity index (χ3v) is 3.55. The fourth-order valence-corrected chi connectivity index (χ4v) is 2.58. The summed E-state index contributed by atoms with van der Waals surface area (Å²) < 4.78 is 4.99. The number of aromatic nitrogens is 1. The fourth-order valence-electron chi connectivity index (χ4n) is 1.69. The van der Waals surface area contributed by atoms with E-state index >= 15 is 0 Å². The molecule has 0 radical (unpaired) electrons. The molecule has 18 heavy (non-hydrogen) atoms. The highest BCUT2D eigenvalue weighted by atomic mass is 32.1. The first-order valence-corrected chi connectivity index (χ1v) is 6.65. The number of benzene rings is 1. The Kier molecular flexibility index (Phi) is 3.77. The molecule has 0 spiro atoms. The lowest BCUT2D eigenvalue weighted by Gasteiger charge is -1.98. The first kappa shape index (κ1) is 12.8. The van der Waals surface area contributed by atoms with Crippen molar-refractivity contribution in [2.75, 3.05) is 6.61 Å². The summed E-state index contributed by atoms with van der Waals surface area (Å²) in [5, 5.41) is 0.860. The van der Waals surface area contributed by atoms with E-state index in [4.69, 9.17) is 4.74 Å². The number of ether oxygens (including phenoxy) is 1. The molecule has 94 valence electrons. The summed E-state index contributed by atoms with van der Waals surface area (Å²) in [7, 11) is 0. The number of thiazole rings is 1. The van der Waals surface area contributed by atoms with Gasteiger partial charge in [0.1, 0.15) is 5.01 Å². The van der Waals surface area contributed by atoms with Crippen LogP contribution in [0.15, 0.2) is 24.3 Å². The van der Waals surface area contributed by atoms with Crippen LogP contribution in [0.25, 0.3) is 10.6 Å². The molecule has 0 atom stereocenters. The minimum Gasteiger partial charge on any atom is -0.461 e. The molecule has 2 aromatic rings. The molecule has 1 heterocycles. The monoisotopic (exact) mass is 261 g/mol. The Bertz CT molecular complexity index is 575. The van der Waals surface area contributed by atoms with Crippen molar-refractivity contribution in [3.8, 4) is 10.6 Å². The minimum atomic E-state index is -0.342. The van der Waals surface area contributed by atoms with Gasteiger partial charge in [0, 0.05) is 10.4 Å². The molecule has 1 aromatic carbocycles. The highest BCUT2D eigenvalue weighted by Crippen LogP contribution is 2.28. The molecule has 0 aliphatic rings. The lowest BCUT2D eigenvalue weighted by molar-refractivity contribution is 0.0519. The topological polar surface area (TPSA) is 39.2 Å². The van der Waals surface area contributed by atoms with Crippen LogP contribution in [0, 0.1) is 13.8 Å². The van der Waals surface area contributed by atoms with E-state index in [-0.39, 0.29) is 5.97 Å². The van der Waals surface area contributed by atoms with Crippen LogP contribution in [-0.2, 0) is 4.74 Å². The quantitative estimate of drug-likeness (QED) is 0.792. The highest BCUT2D eigenvalue weighted by Gasteiger charge is 2.17. The van der Waals surface area contributed by atoms with Gasteiger partial charge in [-0.3, -0.25) is 0 Å². The minimum absolute atomic E-state index is 0.342. The van der Waals surface area contributed by atoms with Gasteiger partial charge in [-0.15, -0.1) is 11.3 Å². The lowest BCUT2D eigenvalue weighted by atomic mass is 10.1. The molecule has 1 aromatic heterocycles. The van der Waals surface area contributed by atoms with Gasteiger partial charge in [0.05, 0.1) is 6.61 Å². The zero-order valence-corrected chi connectivity index (χ0v) is 11.5. The van der Waals surface area contributed by atoms with Gasteiger partial charge in [-0.05, 0) is 26.8 Å².